The van der Waals surface area contributed by atoms with E-state index in [1.165, 1.54) is 19.1 Å². The van der Waals surface area contributed by atoms with Gasteiger partial charge in [-0.1, -0.05) is 18.2 Å². The Morgan fingerprint density at radius 3 is 2.10 bits per heavy atom. The number of imide groups is 1. The van der Waals surface area contributed by atoms with Gasteiger partial charge in [0.05, 0.1) is 17.5 Å². The third-order valence-corrected chi connectivity index (χ3v) is 4.31. The van der Waals surface area contributed by atoms with E-state index in [0.29, 0.717) is 0 Å². The van der Waals surface area contributed by atoms with Gasteiger partial charge in [0.25, 0.3) is 17.7 Å². The van der Waals surface area contributed by atoms with Crippen LogP contribution in [0.2, 0.25) is 0 Å². The number of benzene rings is 2. The Morgan fingerprint density at radius 2 is 1.55 bits per heavy atom. The Labute approximate surface area is 164 Å². The monoisotopic (exact) mass is 402 g/mol. The number of hydrogen-bond donors (Lipinski definition) is 1. The molecule has 0 saturated carbocycles. The predicted molar refractivity (Wildman–Crippen MR) is 97.0 cm³/mol. The van der Waals surface area contributed by atoms with Crippen LogP contribution in [-0.4, -0.2) is 41.2 Å². The Hall–Kier alpha value is -3.62. The van der Waals surface area contributed by atoms with Gasteiger partial charge in [-0.05, 0) is 31.2 Å². The number of fused-ring (bicyclic) bond motifs is 1. The van der Waals surface area contributed by atoms with Crippen LogP contribution >= 0.6 is 0 Å². The molecule has 9 heteroatoms. The number of halogens is 2. The highest BCUT2D eigenvalue weighted by Gasteiger charge is 2.35. The lowest BCUT2D eigenvalue weighted by Crippen LogP contribution is -2.34. The maximum absolute atomic E-state index is 13.6. The molecule has 0 spiro atoms. The zero-order valence-corrected chi connectivity index (χ0v) is 15.3. The number of para-hydroxylation sites is 1. The minimum Gasteiger partial charge on any atom is -0.452 e. The van der Waals surface area contributed by atoms with Crippen molar-refractivity contribution in [2.24, 2.45) is 0 Å². The van der Waals surface area contributed by atoms with E-state index >= 15 is 0 Å². The zero-order chi connectivity index (χ0) is 21.1. The minimum atomic E-state index is -1.34. The van der Waals surface area contributed by atoms with Gasteiger partial charge in [-0.25, -0.2) is 8.78 Å². The number of nitrogens with one attached hydrogen (secondary N) is 1. The predicted octanol–water partition coefficient (Wildman–Crippen LogP) is 2.52. The molecule has 0 aromatic heterocycles. The molecule has 0 saturated heterocycles. The summed E-state index contributed by atoms with van der Waals surface area (Å²) in [6.07, 6.45) is -1.68. The SMILES string of the molecule is C[C@H](OC(=O)CCN1C(=O)c2ccccc2C1=O)C(=O)Nc1c(F)cccc1F. The van der Waals surface area contributed by atoms with Crippen molar-refractivity contribution in [1.29, 1.82) is 0 Å². The van der Waals surface area contributed by atoms with Gasteiger partial charge in [0.2, 0.25) is 0 Å². The summed E-state index contributed by atoms with van der Waals surface area (Å²) in [5.74, 6) is -4.75. The van der Waals surface area contributed by atoms with Crippen LogP contribution in [0.5, 0.6) is 0 Å². The van der Waals surface area contributed by atoms with E-state index < -0.39 is 47.1 Å². The standard InChI is InChI=1S/C20H16F2N2O5/c1-11(18(26)23-17-14(21)7-4-8-15(17)22)29-16(25)9-10-24-19(27)12-5-2-3-6-13(12)20(24)28/h2-8,11H,9-10H2,1H3,(H,23,26)/t11-/m0/s1. The number of carbonyl (C=O) groups is 4. The van der Waals surface area contributed by atoms with Crippen LogP contribution in [0.3, 0.4) is 0 Å². The van der Waals surface area contributed by atoms with Crippen LogP contribution in [-0.2, 0) is 14.3 Å². The molecule has 1 atom stereocenters. The maximum atomic E-state index is 13.6. The fourth-order valence-corrected chi connectivity index (χ4v) is 2.80. The van der Waals surface area contributed by atoms with Crippen LogP contribution in [0, 0.1) is 11.6 Å². The van der Waals surface area contributed by atoms with E-state index in [9.17, 15) is 28.0 Å². The number of hydrogen-bond acceptors (Lipinski definition) is 5. The molecule has 1 heterocycles. The van der Waals surface area contributed by atoms with Crippen LogP contribution in [0.1, 0.15) is 34.1 Å². The highest BCUT2D eigenvalue weighted by molar-refractivity contribution is 6.21. The van der Waals surface area contributed by atoms with Crippen molar-refractivity contribution in [3.8, 4) is 0 Å². The summed E-state index contributed by atoms with van der Waals surface area (Å²) < 4.78 is 32.1. The first-order valence-electron chi connectivity index (χ1n) is 8.69. The molecule has 0 unspecified atom stereocenters. The molecule has 1 N–H and O–H groups in total. The number of esters is 1. The average molecular weight is 402 g/mol. The van der Waals surface area contributed by atoms with E-state index in [0.717, 1.165) is 23.1 Å². The van der Waals surface area contributed by atoms with E-state index in [-0.39, 0.29) is 24.1 Å². The van der Waals surface area contributed by atoms with Crippen LogP contribution < -0.4 is 5.32 Å². The van der Waals surface area contributed by atoms with Crippen molar-refractivity contribution in [2.45, 2.75) is 19.4 Å². The quantitative estimate of drug-likeness (QED) is 0.592. The van der Waals surface area contributed by atoms with Crippen molar-refractivity contribution in [2.75, 3.05) is 11.9 Å². The Morgan fingerprint density at radius 1 is 1.00 bits per heavy atom. The summed E-state index contributed by atoms with van der Waals surface area (Å²) in [7, 11) is 0. The molecule has 0 bridgehead atoms. The number of rotatable bonds is 6. The van der Waals surface area contributed by atoms with Gasteiger partial charge in [-0.15, -0.1) is 0 Å². The molecular weight excluding hydrogens is 386 g/mol. The third kappa shape index (κ3) is 4.13. The molecule has 150 valence electrons. The van der Waals surface area contributed by atoms with Gasteiger partial charge in [-0.2, -0.15) is 0 Å². The minimum absolute atomic E-state index is 0.221. The van der Waals surface area contributed by atoms with Crippen LogP contribution in [0.4, 0.5) is 14.5 Å². The Kier molecular flexibility index (Phi) is 5.67. The van der Waals surface area contributed by atoms with E-state index in [1.807, 2.05) is 5.32 Å². The Bertz CT molecular complexity index is 953. The zero-order valence-electron chi connectivity index (χ0n) is 15.3. The first-order valence-corrected chi connectivity index (χ1v) is 8.69. The van der Waals surface area contributed by atoms with Crippen LogP contribution in [0.15, 0.2) is 42.5 Å². The normalized spacial score (nSPS) is 13.8. The van der Waals surface area contributed by atoms with Crippen LogP contribution in [0.25, 0.3) is 0 Å². The molecule has 2 aromatic rings. The molecule has 7 nitrogen and oxygen atoms in total. The molecule has 1 aliphatic heterocycles. The Balaban J connectivity index is 1.54. The number of anilines is 1. The molecule has 29 heavy (non-hydrogen) atoms. The maximum Gasteiger partial charge on any atom is 0.308 e. The highest BCUT2D eigenvalue weighted by atomic mass is 19.1. The fourth-order valence-electron chi connectivity index (χ4n) is 2.80. The van der Waals surface area contributed by atoms with Gasteiger partial charge >= 0.3 is 5.97 Å². The summed E-state index contributed by atoms with van der Waals surface area (Å²) in [6.45, 7) is 1.01. The number of amides is 3. The van der Waals surface area contributed by atoms with Gasteiger partial charge in [-0.3, -0.25) is 24.1 Å². The second-order valence-corrected chi connectivity index (χ2v) is 6.28. The smallest absolute Gasteiger partial charge is 0.308 e. The summed E-state index contributed by atoms with van der Waals surface area (Å²) >= 11 is 0. The molecular formula is C20H16F2N2O5. The van der Waals surface area contributed by atoms with E-state index in [1.54, 1.807) is 12.1 Å². The summed E-state index contributed by atoms with van der Waals surface area (Å²) in [4.78, 5) is 49.4. The molecule has 0 radical (unpaired) electrons. The lowest BCUT2D eigenvalue weighted by Gasteiger charge is -2.16. The molecule has 3 rings (SSSR count). The summed E-state index contributed by atoms with van der Waals surface area (Å²) in [5.41, 5.74) is -0.137. The summed E-state index contributed by atoms with van der Waals surface area (Å²) in [5, 5.41) is 2.02. The fraction of sp³-hybridized carbons (Fsp3) is 0.200. The number of ether oxygens (including phenoxy) is 1. The van der Waals surface area contributed by atoms with Crippen molar-refractivity contribution < 1.29 is 32.7 Å². The van der Waals surface area contributed by atoms with Crippen molar-refractivity contribution in [1.82, 2.24) is 4.90 Å². The second-order valence-electron chi connectivity index (χ2n) is 6.28. The first-order chi connectivity index (χ1) is 13.8. The number of nitrogens with zero attached hydrogens (tertiary/aromatic N) is 1. The topological polar surface area (TPSA) is 92.8 Å². The second kappa shape index (κ2) is 8.17. The van der Waals surface area contributed by atoms with Crippen molar-refractivity contribution in [3.05, 3.63) is 65.2 Å². The molecule has 0 aliphatic carbocycles. The van der Waals surface area contributed by atoms with Gasteiger partial charge < -0.3 is 10.1 Å². The average Bonchev–Trinajstić information content (AvgIpc) is 2.93. The van der Waals surface area contributed by atoms with E-state index in [2.05, 4.69) is 0 Å². The molecule has 3 amide bonds. The van der Waals surface area contributed by atoms with Gasteiger partial charge in [0.1, 0.15) is 17.3 Å². The van der Waals surface area contributed by atoms with Crippen molar-refractivity contribution >= 4 is 29.4 Å². The molecule has 0 fully saturated rings. The number of carbonyl (C=O) groups excluding carboxylic acids is 4. The largest absolute Gasteiger partial charge is 0.452 e. The van der Waals surface area contributed by atoms with Gasteiger partial charge in [0.15, 0.2) is 6.10 Å². The van der Waals surface area contributed by atoms with E-state index in [4.69, 9.17) is 4.74 Å². The van der Waals surface area contributed by atoms with Gasteiger partial charge in [0, 0.05) is 6.54 Å². The first kappa shape index (κ1) is 20.1. The van der Waals surface area contributed by atoms with Crippen molar-refractivity contribution in [3.63, 3.8) is 0 Å². The lowest BCUT2D eigenvalue weighted by atomic mass is 10.1. The summed E-state index contributed by atoms with van der Waals surface area (Å²) in [6, 6.07) is 9.36. The molecule has 2 aromatic carbocycles. The highest BCUT2D eigenvalue weighted by Crippen LogP contribution is 2.22. The molecule has 1 aliphatic rings. The third-order valence-electron chi connectivity index (χ3n) is 4.31. The lowest BCUT2D eigenvalue weighted by molar-refractivity contribution is -0.153.